The Labute approximate surface area is 107 Å². The predicted octanol–water partition coefficient (Wildman–Crippen LogP) is 1.08. The van der Waals surface area contributed by atoms with Gasteiger partial charge in [0.15, 0.2) is 0 Å². The molecule has 0 fully saturated rings. The summed E-state index contributed by atoms with van der Waals surface area (Å²) in [6.07, 6.45) is -0.166. The minimum Gasteiger partial charge on any atom is -0.266 e. The first-order valence-electron chi connectivity index (χ1n) is 5.01. The third kappa shape index (κ3) is 4.89. The molecule has 0 aliphatic heterocycles. The van der Waals surface area contributed by atoms with Crippen molar-refractivity contribution < 1.29 is 30.5 Å². The van der Waals surface area contributed by atoms with E-state index >= 15 is 0 Å². The highest BCUT2D eigenvalue weighted by atomic mass is 32.1. The second kappa shape index (κ2) is 7.04. The number of hydrogen-bond donors (Lipinski definition) is 4. The minimum atomic E-state index is -0.606. The van der Waals surface area contributed by atoms with Gasteiger partial charge in [0.1, 0.15) is 11.1 Å². The van der Waals surface area contributed by atoms with E-state index in [4.69, 9.17) is 20.8 Å². The summed E-state index contributed by atoms with van der Waals surface area (Å²) in [5.74, 6) is 0. The van der Waals surface area contributed by atoms with Crippen LogP contribution in [-0.4, -0.2) is 43.2 Å². The van der Waals surface area contributed by atoms with Gasteiger partial charge in [-0.2, -0.15) is 0 Å². The molecule has 1 atom stereocenters. The van der Waals surface area contributed by atoms with Gasteiger partial charge < -0.3 is 0 Å². The highest BCUT2D eigenvalue weighted by molar-refractivity contribution is 7.11. The third-order valence-electron chi connectivity index (χ3n) is 2.05. The highest BCUT2D eigenvalue weighted by Gasteiger charge is 2.16. The first-order chi connectivity index (χ1) is 8.40. The summed E-state index contributed by atoms with van der Waals surface area (Å²) in [6.45, 7) is 3.48. The van der Waals surface area contributed by atoms with Crippen LogP contribution in [0, 0.1) is 6.92 Å². The van der Waals surface area contributed by atoms with Gasteiger partial charge in [0.2, 0.25) is 0 Å². The molecule has 1 heterocycles. The molecular formula is C8H15N3O6S. The zero-order chi connectivity index (χ0) is 13.7. The monoisotopic (exact) mass is 281 g/mol. The lowest BCUT2D eigenvalue weighted by atomic mass is 10.3. The number of aryl methyl sites for hydroxylation is 1. The Kier molecular flexibility index (Phi) is 6.01. The van der Waals surface area contributed by atoms with Crippen molar-refractivity contribution in [1.29, 1.82) is 0 Å². The summed E-state index contributed by atoms with van der Waals surface area (Å²) in [5, 5.41) is 33.6. The Bertz CT molecular complexity index is 372. The van der Waals surface area contributed by atoms with Crippen molar-refractivity contribution in [3.63, 3.8) is 0 Å². The van der Waals surface area contributed by atoms with E-state index in [2.05, 4.69) is 14.7 Å². The molecule has 10 heteroatoms. The minimum absolute atomic E-state index is 0.0802. The average molecular weight is 281 g/mol. The van der Waals surface area contributed by atoms with E-state index < -0.39 is 6.10 Å². The van der Waals surface area contributed by atoms with Crippen LogP contribution >= 0.6 is 11.3 Å². The Hall–Kier alpha value is -0.690. The molecule has 18 heavy (non-hydrogen) atoms. The zero-order valence-corrected chi connectivity index (χ0v) is 10.7. The van der Waals surface area contributed by atoms with Gasteiger partial charge in [-0.05, 0) is 13.8 Å². The van der Waals surface area contributed by atoms with Crippen LogP contribution in [-0.2, 0) is 16.1 Å². The molecule has 0 saturated heterocycles. The fourth-order valence-electron chi connectivity index (χ4n) is 1.26. The van der Waals surface area contributed by atoms with Crippen LogP contribution in [0.15, 0.2) is 0 Å². The maximum Gasteiger partial charge on any atom is 0.133 e. The predicted molar refractivity (Wildman–Crippen MR) is 56.8 cm³/mol. The van der Waals surface area contributed by atoms with Gasteiger partial charge in [-0.3, -0.25) is 25.7 Å². The lowest BCUT2D eigenvalue weighted by Gasteiger charge is -2.11. The van der Waals surface area contributed by atoms with Crippen molar-refractivity contribution >= 4 is 11.3 Å². The summed E-state index contributed by atoms with van der Waals surface area (Å²) < 4.78 is 0. The van der Waals surface area contributed by atoms with Crippen LogP contribution in [0.5, 0.6) is 0 Å². The molecule has 0 spiro atoms. The molecule has 9 nitrogen and oxygen atoms in total. The van der Waals surface area contributed by atoms with Crippen LogP contribution in [0.4, 0.5) is 0 Å². The Morgan fingerprint density at radius 2 is 1.94 bits per heavy atom. The van der Waals surface area contributed by atoms with Crippen molar-refractivity contribution in [1.82, 2.24) is 15.8 Å². The van der Waals surface area contributed by atoms with Crippen LogP contribution in [0.3, 0.4) is 0 Å². The van der Waals surface area contributed by atoms with Crippen LogP contribution in [0.2, 0.25) is 0 Å². The highest BCUT2D eigenvalue weighted by Crippen LogP contribution is 2.26. The van der Waals surface area contributed by atoms with Gasteiger partial charge >= 0.3 is 0 Å². The molecule has 1 rings (SSSR count). The lowest BCUT2D eigenvalue weighted by Crippen LogP contribution is -2.16. The molecule has 0 bridgehead atoms. The van der Waals surface area contributed by atoms with Crippen LogP contribution in [0.25, 0.3) is 0 Å². The van der Waals surface area contributed by atoms with E-state index in [0.717, 1.165) is 10.6 Å². The SMILES string of the molecule is Cc1nc([C@H](C)ON(O)O)sc1CCON(O)O. The molecule has 0 aromatic carbocycles. The molecule has 0 amide bonds. The molecule has 0 saturated carbocycles. The van der Waals surface area contributed by atoms with Gasteiger partial charge in [-0.15, -0.1) is 11.3 Å². The topological polar surface area (TPSA) is 119 Å². The van der Waals surface area contributed by atoms with E-state index in [0.29, 0.717) is 11.4 Å². The second-order valence-electron chi connectivity index (χ2n) is 3.40. The number of rotatable bonds is 7. The Balaban J connectivity index is 2.58. The zero-order valence-electron chi connectivity index (χ0n) is 9.85. The molecule has 4 N–H and O–H groups in total. The number of hydrogen-bond acceptors (Lipinski definition) is 10. The molecule has 0 unspecified atom stereocenters. The fourth-order valence-corrected chi connectivity index (χ4v) is 2.29. The van der Waals surface area contributed by atoms with E-state index in [1.807, 2.05) is 0 Å². The number of thiazole rings is 1. The number of aromatic nitrogens is 1. The summed E-state index contributed by atoms with van der Waals surface area (Å²) >= 11 is 1.31. The van der Waals surface area contributed by atoms with Gasteiger partial charge in [-0.25, -0.2) is 9.82 Å². The first kappa shape index (κ1) is 15.4. The smallest absolute Gasteiger partial charge is 0.133 e. The van der Waals surface area contributed by atoms with Gasteiger partial charge in [0.25, 0.3) is 0 Å². The van der Waals surface area contributed by atoms with E-state index in [1.54, 1.807) is 13.8 Å². The number of nitrogens with zero attached hydrogens (tertiary/aromatic N) is 3. The van der Waals surface area contributed by atoms with E-state index in [-0.39, 0.29) is 17.4 Å². The van der Waals surface area contributed by atoms with Gasteiger partial charge in [-0.1, -0.05) is 0 Å². The van der Waals surface area contributed by atoms with Crippen molar-refractivity contribution in [2.24, 2.45) is 0 Å². The first-order valence-corrected chi connectivity index (χ1v) is 5.83. The summed E-state index contributed by atoms with van der Waals surface area (Å²) in [5.41, 5.74) is 0.749. The van der Waals surface area contributed by atoms with E-state index in [9.17, 15) is 0 Å². The molecule has 1 aromatic rings. The van der Waals surface area contributed by atoms with Gasteiger partial charge in [0, 0.05) is 11.3 Å². The third-order valence-corrected chi connectivity index (χ3v) is 3.42. The maximum absolute atomic E-state index is 8.53. The summed E-state index contributed by atoms with van der Waals surface area (Å²) in [4.78, 5) is 14.2. The van der Waals surface area contributed by atoms with Gasteiger partial charge in [0.05, 0.1) is 23.1 Å². The molecule has 0 aliphatic carbocycles. The molecule has 0 aliphatic rings. The molecular weight excluding hydrogens is 266 g/mol. The average Bonchev–Trinajstić information content (AvgIpc) is 2.59. The molecule has 104 valence electrons. The van der Waals surface area contributed by atoms with Crippen molar-refractivity contribution in [3.05, 3.63) is 15.6 Å². The largest absolute Gasteiger partial charge is 0.266 e. The standard InChI is InChI=1S/C8H15N3O6S/c1-5-7(3-4-16-10(12)13)18-8(9-5)6(2)17-11(14)15/h6,12-15H,3-4H2,1-2H3/t6-/m0/s1. The van der Waals surface area contributed by atoms with Crippen LogP contribution in [0.1, 0.15) is 28.6 Å². The summed E-state index contributed by atoms with van der Waals surface area (Å²) in [6, 6.07) is 0. The Morgan fingerprint density at radius 3 is 2.50 bits per heavy atom. The van der Waals surface area contributed by atoms with Crippen LogP contribution < -0.4 is 0 Å². The normalized spacial score (nSPS) is 13.6. The Morgan fingerprint density at radius 1 is 1.28 bits per heavy atom. The second-order valence-corrected chi connectivity index (χ2v) is 4.51. The quantitative estimate of drug-likeness (QED) is 0.544. The maximum atomic E-state index is 8.53. The van der Waals surface area contributed by atoms with Crippen molar-refractivity contribution in [3.8, 4) is 0 Å². The molecule has 0 radical (unpaired) electrons. The fraction of sp³-hybridized carbons (Fsp3) is 0.625. The van der Waals surface area contributed by atoms with Crippen molar-refractivity contribution in [2.45, 2.75) is 26.4 Å². The van der Waals surface area contributed by atoms with Crippen molar-refractivity contribution in [2.75, 3.05) is 6.61 Å². The van der Waals surface area contributed by atoms with E-state index in [1.165, 1.54) is 11.3 Å². The molecule has 1 aromatic heterocycles. The summed E-state index contributed by atoms with van der Waals surface area (Å²) in [7, 11) is 0. The lowest BCUT2D eigenvalue weighted by molar-refractivity contribution is -0.505.